The van der Waals surface area contributed by atoms with Crippen molar-refractivity contribution in [1.82, 2.24) is 5.43 Å². The Morgan fingerprint density at radius 3 is 2.31 bits per heavy atom. The SMILES string of the molecule is CCOc1cc(/C=C2\C(=O)NN(c3ccccc3)C2=O)cc(Cl)c1OCCCOc1ccccc1. The van der Waals surface area contributed by atoms with E-state index in [4.69, 9.17) is 25.8 Å². The van der Waals surface area contributed by atoms with Crippen molar-refractivity contribution in [1.29, 1.82) is 0 Å². The number of anilines is 1. The van der Waals surface area contributed by atoms with E-state index in [2.05, 4.69) is 5.43 Å². The summed E-state index contributed by atoms with van der Waals surface area (Å²) in [5.74, 6) is 0.694. The first kappa shape index (κ1) is 24.2. The molecule has 0 bridgehead atoms. The van der Waals surface area contributed by atoms with Crippen molar-refractivity contribution in [3.63, 3.8) is 0 Å². The Balaban J connectivity index is 1.46. The fraction of sp³-hybridized carbons (Fsp3) is 0.185. The van der Waals surface area contributed by atoms with Crippen LogP contribution in [0.15, 0.2) is 78.4 Å². The van der Waals surface area contributed by atoms with Crippen LogP contribution in [0.1, 0.15) is 18.9 Å². The molecule has 8 heteroatoms. The van der Waals surface area contributed by atoms with E-state index >= 15 is 0 Å². The second-order valence-electron chi connectivity index (χ2n) is 7.60. The Morgan fingerprint density at radius 1 is 0.914 bits per heavy atom. The molecule has 0 atom stereocenters. The number of hydrazine groups is 1. The van der Waals surface area contributed by atoms with Gasteiger partial charge in [-0.05, 0) is 55.0 Å². The molecule has 4 rings (SSSR count). The van der Waals surface area contributed by atoms with Crippen molar-refractivity contribution < 1.29 is 23.8 Å². The summed E-state index contributed by atoms with van der Waals surface area (Å²) in [6.45, 7) is 3.11. The Labute approximate surface area is 208 Å². The molecule has 1 aliphatic heterocycles. The van der Waals surface area contributed by atoms with E-state index in [1.165, 1.54) is 11.1 Å². The molecule has 0 aliphatic carbocycles. The van der Waals surface area contributed by atoms with Gasteiger partial charge in [-0.25, -0.2) is 5.01 Å². The smallest absolute Gasteiger partial charge is 0.282 e. The van der Waals surface area contributed by atoms with Crippen LogP contribution in [-0.2, 0) is 9.59 Å². The quantitative estimate of drug-likeness (QED) is 0.243. The zero-order chi connectivity index (χ0) is 24.6. The second kappa shape index (κ2) is 11.4. The van der Waals surface area contributed by atoms with Gasteiger partial charge in [0, 0.05) is 6.42 Å². The maximum absolute atomic E-state index is 12.9. The van der Waals surface area contributed by atoms with Crippen LogP contribution in [0.2, 0.25) is 5.02 Å². The van der Waals surface area contributed by atoms with E-state index < -0.39 is 11.8 Å². The number of halogens is 1. The summed E-state index contributed by atoms with van der Waals surface area (Å²) < 4.78 is 17.3. The van der Waals surface area contributed by atoms with Gasteiger partial charge >= 0.3 is 0 Å². The summed E-state index contributed by atoms with van der Waals surface area (Å²) in [7, 11) is 0. The van der Waals surface area contributed by atoms with E-state index in [-0.39, 0.29) is 5.57 Å². The van der Waals surface area contributed by atoms with Crippen LogP contribution < -0.4 is 24.6 Å². The van der Waals surface area contributed by atoms with Crippen LogP contribution >= 0.6 is 11.6 Å². The maximum atomic E-state index is 12.9. The molecule has 1 heterocycles. The summed E-state index contributed by atoms with van der Waals surface area (Å²) in [4.78, 5) is 25.4. The third-order valence-electron chi connectivity index (χ3n) is 5.10. The first-order valence-corrected chi connectivity index (χ1v) is 11.6. The van der Waals surface area contributed by atoms with Crippen LogP contribution in [0.5, 0.6) is 17.2 Å². The van der Waals surface area contributed by atoms with Gasteiger partial charge in [0.25, 0.3) is 11.8 Å². The second-order valence-corrected chi connectivity index (χ2v) is 8.01. The van der Waals surface area contributed by atoms with Crippen molar-refractivity contribution in [2.24, 2.45) is 0 Å². The van der Waals surface area contributed by atoms with Crippen molar-refractivity contribution >= 4 is 35.2 Å². The molecule has 1 N–H and O–H groups in total. The molecular formula is C27H25ClN2O5. The standard InChI is InChI=1S/C27H25ClN2O5/c1-2-33-24-18-19(16-22-26(31)29-30(27(22)32)20-10-5-3-6-11-20)17-23(28)25(24)35-15-9-14-34-21-12-7-4-8-13-21/h3-8,10-13,16-18H,2,9,14-15H2,1H3,(H,29,31)/b22-16+. The fourth-order valence-corrected chi connectivity index (χ4v) is 3.77. The number of amides is 2. The van der Waals surface area contributed by atoms with Crippen molar-refractivity contribution in [3.05, 3.63) is 89.0 Å². The van der Waals surface area contributed by atoms with Crippen LogP contribution in [0.4, 0.5) is 5.69 Å². The molecule has 1 fully saturated rings. The zero-order valence-corrected chi connectivity index (χ0v) is 20.0. The van der Waals surface area contributed by atoms with Crippen LogP contribution in [0, 0.1) is 0 Å². The van der Waals surface area contributed by atoms with Gasteiger partial charge < -0.3 is 14.2 Å². The third kappa shape index (κ3) is 5.94. The van der Waals surface area contributed by atoms with Crippen LogP contribution in [-0.4, -0.2) is 31.6 Å². The molecule has 1 aliphatic rings. The highest BCUT2D eigenvalue weighted by molar-refractivity contribution is 6.33. The number of nitrogens with one attached hydrogen (secondary N) is 1. The van der Waals surface area contributed by atoms with Gasteiger partial charge in [-0.1, -0.05) is 48.0 Å². The number of ether oxygens (including phenoxy) is 3. The summed E-state index contributed by atoms with van der Waals surface area (Å²) in [6.07, 6.45) is 2.14. The molecule has 3 aromatic carbocycles. The molecule has 180 valence electrons. The van der Waals surface area contributed by atoms with E-state index in [0.717, 1.165) is 5.75 Å². The molecule has 35 heavy (non-hydrogen) atoms. The first-order valence-electron chi connectivity index (χ1n) is 11.3. The van der Waals surface area contributed by atoms with Crippen molar-refractivity contribution in [2.75, 3.05) is 24.8 Å². The third-order valence-corrected chi connectivity index (χ3v) is 5.38. The summed E-state index contributed by atoms with van der Waals surface area (Å²) in [6, 6.07) is 21.8. The normalized spacial score (nSPS) is 14.2. The van der Waals surface area contributed by atoms with Crippen molar-refractivity contribution in [2.45, 2.75) is 13.3 Å². The average Bonchev–Trinajstić information content (AvgIpc) is 3.15. The minimum absolute atomic E-state index is 0.000836. The first-order chi connectivity index (χ1) is 17.1. The highest BCUT2D eigenvalue weighted by atomic mass is 35.5. The fourth-order valence-electron chi connectivity index (χ4n) is 3.50. The molecule has 0 unspecified atom stereocenters. The topological polar surface area (TPSA) is 77.1 Å². The highest BCUT2D eigenvalue weighted by Crippen LogP contribution is 2.37. The summed E-state index contributed by atoms with van der Waals surface area (Å²) >= 11 is 6.50. The number of rotatable bonds is 10. The van der Waals surface area contributed by atoms with Gasteiger partial charge in [-0.2, -0.15) is 0 Å². The Hall–Kier alpha value is -3.97. The van der Waals surface area contributed by atoms with Gasteiger partial charge in [-0.15, -0.1) is 0 Å². The van der Waals surface area contributed by atoms with Gasteiger partial charge in [0.1, 0.15) is 11.3 Å². The molecule has 0 aromatic heterocycles. The zero-order valence-electron chi connectivity index (χ0n) is 19.2. The van der Waals surface area contributed by atoms with E-state index in [9.17, 15) is 9.59 Å². The average molecular weight is 493 g/mol. The highest BCUT2D eigenvalue weighted by Gasteiger charge is 2.34. The number of carbonyl (C=O) groups excluding carboxylic acids is 2. The van der Waals surface area contributed by atoms with Gasteiger partial charge in [0.2, 0.25) is 0 Å². The van der Waals surface area contributed by atoms with Gasteiger partial charge in [0.05, 0.1) is 30.5 Å². The molecule has 1 saturated heterocycles. The molecule has 2 amide bonds. The van der Waals surface area contributed by atoms with Gasteiger partial charge in [-0.3, -0.25) is 15.0 Å². The molecular weight excluding hydrogens is 468 g/mol. The molecule has 0 saturated carbocycles. The number of hydrogen-bond acceptors (Lipinski definition) is 5. The monoisotopic (exact) mass is 492 g/mol. The van der Waals surface area contributed by atoms with E-state index in [1.807, 2.05) is 43.3 Å². The van der Waals surface area contributed by atoms with Crippen LogP contribution in [0.25, 0.3) is 6.08 Å². The number of hydrogen-bond donors (Lipinski definition) is 1. The van der Waals surface area contributed by atoms with E-state index in [0.29, 0.717) is 54.0 Å². The lowest BCUT2D eigenvalue weighted by molar-refractivity contribution is -0.117. The Kier molecular flexibility index (Phi) is 7.90. The number of carbonyl (C=O) groups is 2. The maximum Gasteiger partial charge on any atom is 0.282 e. The Morgan fingerprint density at radius 2 is 1.60 bits per heavy atom. The Bertz CT molecular complexity index is 1220. The summed E-state index contributed by atoms with van der Waals surface area (Å²) in [5, 5.41) is 1.53. The molecule has 0 radical (unpaired) electrons. The lowest BCUT2D eigenvalue weighted by Gasteiger charge is -2.15. The predicted octanol–water partition coefficient (Wildman–Crippen LogP) is 5.05. The minimum atomic E-state index is -0.494. The molecule has 0 spiro atoms. The minimum Gasteiger partial charge on any atom is -0.493 e. The van der Waals surface area contributed by atoms with Crippen molar-refractivity contribution in [3.8, 4) is 17.2 Å². The van der Waals surface area contributed by atoms with Gasteiger partial charge in [0.15, 0.2) is 11.5 Å². The lowest BCUT2D eigenvalue weighted by atomic mass is 10.1. The lowest BCUT2D eigenvalue weighted by Crippen LogP contribution is -2.35. The summed E-state index contributed by atoms with van der Waals surface area (Å²) in [5.41, 5.74) is 3.70. The predicted molar refractivity (Wildman–Crippen MR) is 135 cm³/mol. The molecule has 7 nitrogen and oxygen atoms in total. The van der Waals surface area contributed by atoms with Crippen LogP contribution in [0.3, 0.4) is 0 Å². The van der Waals surface area contributed by atoms with E-state index in [1.54, 1.807) is 36.4 Å². The largest absolute Gasteiger partial charge is 0.493 e. The number of para-hydroxylation sites is 2. The number of nitrogens with zero attached hydrogens (tertiary/aromatic N) is 1. The molecule has 3 aromatic rings. The number of benzene rings is 3.